The number of carbonyl (C=O) groups is 1. The van der Waals surface area contributed by atoms with Crippen LogP contribution in [0.4, 0.5) is 0 Å². The van der Waals surface area contributed by atoms with E-state index in [1.165, 1.54) is 0 Å². The molecule has 0 aromatic carbocycles. The van der Waals surface area contributed by atoms with Crippen LogP contribution in [0.1, 0.15) is 34.1 Å². The van der Waals surface area contributed by atoms with Gasteiger partial charge in [0.05, 0.1) is 6.61 Å². The summed E-state index contributed by atoms with van der Waals surface area (Å²) in [6.45, 7) is 8.30. The molecule has 0 radical (unpaired) electrons. The van der Waals surface area contributed by atoms with Gasteiger partial charge in [-0.1, -0.05) is 18.4 Å². The van der Waals surface area contributed by atoms with Gasteiger partial charge < -0.3 is 9.47 Å². The minimum atomic E-state index is -1.03. The second-order valence-electron chi connectivity index (χ2n) is 4.07. The van der Waals surface area contributed by atoms with E-state index >= 15 is 0 Å². The fourth-order valence-electron chi connectivity index (χ4n) is 1.71. The van der Waals surface area contributed by atoms with E-state index in [1.807, 2.05) is 20.8 Å². The van der Waals surface area contributed by atoms with Crippen LogP contribution < -0.4 is 0 Å². The Morgan fingerprint density at radius 1 is 1.31 bits per heavy atom. The van der Waals surface area contributed by atoms with Crippen LogP contribution in [-0.2, 0) is 18.8 Å². The van der Waals surface area contributed by atoms with E-state index < -0.39 is 20.0 Å². The van der Waals surface area contributed by atoms with Crippen molar-refractivity contribution in [1.82, 2.24) is 0 Å². The Labute approximate surface area is 98.9 Å². The van der Waals surface area contributed by atoms with Crippen molar-refractivity contribution in [3.63, 3.8) is 0 Å². The van der Waals surface area contributed by atoms with Crippen molar-refractivity contribution < 1.29 is 18.8 Å². The molecular weight excluding hydrogens is 227 g/mol. The summed E-state index contributed by atoms with van der Waals surface area (Å²) in [5.41, 5.74) is -1.03. The van der Waals surface area contributed by atoms with Crippen molar-refractivity contribution in [2.45, 2.75) is 39.7 Å². The van der Waals surface area contributed by atoms with Gasteiger partial charge in [-0.3, -0.25) is 0 Å². The lowest BCUT2D eigenvalue weighted by atomic mass is 9.94. The third-order valence-corrected chi connectivity index (χ3v) is 2.88. The van der Waals surface area contributed by atoms with Gasteiger partial charge in [0, 0.05) is 6.61 Å². The Balaban J connectivity index is 4.89. The fourth-order valence-corrected chi connectivity index (χ4v) is 2.34. The Kier molecular flexibility index (Phi) is 7.52. The summed E-state index contributed by atoms with van der Waals surface area (Å²) in [4.78, 5) is 11.9. The number of hydrogen-bond acceptors (Lipinski definition) is 4. The molecule has 16 heavy (non-hydrogen) atoms. The molecule has 0 rings (SSSR count). The van der Waals surface area contributed by atoms with Crippen LogP contribution in [0.3, 0.4) is 0 Å². The summed E-state index contributed by atoms with van der Waals surface area (Å²) in [6, 6.07) is 0. The first-order valence-electron chi connectivity index (χ1n) is 5.68. The van der Waals surface area contributed by atoms with E-state index in [0.29, 0.717) is 19.6 Å². The largest absolute Gasteiger partial charge is 0.464 e. The molecule has 0 fully saturated rings. The number of carbonyl (C=O) groups excluding carboxylic acids is 1. The Morgan fingerprint density at radius 3 is 2.31 bits per heavy atom. The number of hydrogen-bond donors (Lipinski definition) is 0. The molecule has 94 valence electrons. The fraction of sp³-hybridized carbons (Fsp3) is 0.909. The van der Waals surface area contributed by atoms with E-state index in [9.17, 15) is 9.36 Å². The maximum Gasteiger partial charge on any atom is 0.342 e. The van der Waals surface area contributed by atoms with Crippen LogP contribution in [0.25, 0.3) is 0 Å². The molecule has 2 unspecified atom stereocenters. The minimum absolute atomic E-state index is 0.206. The minimum Gasteiger partial charge on any atom is -0.464 e. The van der Waals surface area contributed by atoms with Crippen molar-refractivity contribution in [2.75, 3.05) is 19.4 Å². The Morgan fingerprint density at radius 2 is 1.94 bits per heavy atom. The zero-order valence-corrected chi connectivity index (χ0v) is 11.5. The molecule has 0 bridgehead atoms. The highest BCUT2D eigenvalue weighted by molar-refractivity contribution is 7.23. The van der Waals surface area contributed by atoms with Crippen molar-refractivity contribution in [3.05, 3.63) is 0 Å². The highest BCUT2D eigenvalue weighted by atomic mass is 31.1. The van der Waals surface area contributed by atoms with Crippen molar-refractivity contribution in [2.24, 2.45) is 5.92 Å². The van der Waals surface area contributed by atoms with E-state index in [4.69, 9.17) is 9.47 Å². The molecule has 4 nitrogen and oxygen atoms in total. The molecular formula is C11H22O4P+. The zero-order chi connectivity index (χ0) is 12.6. The van der Waals surface area contributed by atoms with Crippen molar-refractivity contribution in [1.29, 1.82) is 0 Å². The van der Waals surface area contributed by atoms with Gasteiger partial charge in [-0.2, -0.15) is 0 Å². The Hall–Kier alpha value is -0.470. The first kappa shape index (κ1) is 15.5. The lowest BCUT2D eigenvalue weighted by molar-refractivity contribution is -0.170. The van der Waals surface area contributed by atoms with Gasteiger partial charge in [-0.25, -0.2) is 4.79 Å². The second kappa shape index (κ2) is 7.75. The van der Waals surface area contributed by atoms with Crippen LogP contribution in [-0.4, -0.2) is 30.9 Å². The average molecular weight is 249 g/mol. The van der Waals surface area contributed by atoms with Gasteiger partial charge in [0.15, 0.2) is 6.16 Å². The molecule has 0 saturated carbocycles. The summed E-state index contributed by atoms with van der Waals surface area (Å²) in [5.74, 6) is -0.110. The monoisotopic (exact) mass is 249 g/mol. The molecule has 0 aliphatic heterocycles. The van der Waals surface area contributed by atoms with Gasteiger partial charge in [0.2, 0.25) is 5.60 Å². The molecule has 5 heteroatoms. The first-order chi connectivity index (χ1) is 7.52. The number of esters is 1. The molecule has 0 N–H and O–H groups in total. The second-order valence-corrected chi connectivity index (χ2v) is 4.71. The molecule has 0 aliphatic carbocycles. The van der Waals surface area contributed by atoms with Crippen molar-refractivity contribution in [3.8, 4) is 0 Å². The summed E-state index contributed by atoms with van der Waals surface area (Å²) >= 11 is 0. The summed E-state index contributed by atoms with van der Waals surface area (Å²) in [7, 11) is -0.560. The molecule has 0 aliphatic rings. The van der Waals surface area contributed by atoms with Gasteiger partial charge in [0.25, 0.3) is 0 Å². The third-order valence-electron chi connectivity index (χ3n) is 2.16. The highest BCUT2D eigenvalue weighted by Gasteiger charge is 2.44. The molecule has 0 spiro atoms. The van der Waals surface area contributed by atoms with Crippen LogP contribution >= 0.6 is 8.46 Å². The normalized spacial score (nSPS) is 15.1. The molecule has 0 amide bonds. The smallest absolute Gasteiger partial charge is 0.342 e. The lowest BCUT2D eigenvalue weighted by Crippen LogP contribution is -2.46. The van der Waals surface area contributed by atoms with Gasteiger partial charge in [-0.05, 0) is 26.2 Å². The zero-order valence-electron chi connectivity index (χ0n) is 10.5. The molecule has 0 heterocycles. The SMILES string of the molecule is CCOC(=O)C(C[PH+]=O)(CC(C)C)OCC. The van der Waals surface area contributed by atoms with Crippen LogP contribution in [0, 0.1) is 5.92 Å². The summed E-state index contributed by atoms with van der Waals surface area (Å²) in [5, 5.41) is 0. The van der Waals surface area contributed by atoms with Crippen LogP contribution in [0.5, 0.6) is 0 Å². The highest BCUT2D eigenvalue weighted by Crippen LogP contribution is 2.27. The predicted molar refractivity (Wildman–Crippen MR) is 64.3 cm³/mol. The topological polar surface area (TPSA) is 52.6 Å². The summed E-state index contributed by atoms with van der Waals surface area (Å²) < 4.78 is 21.4. The van der Waals surface area contributed by atoms with E-state index in [0.717, 1.165) is 0 Å². The predicted octanol–water partition coefficient (Wildman–Crippen LogP) is 2.39. The summed E-state index contributed by atoms with van der Waals surface area (Å²) in [6.07, 6.45) is 0.743. The van der Waals surface area contributed by atoms with Crippen LogP contribution in [0.2, 0.25) is 0 Å². The number of rotatable bonds is 8. The van der Waals surface area contributed by atoms with Crippen LogP contribution in [0.15, 0.2) is 0 Å². The molecule has 0 aromatic heterocycles. The third kappa shape index (κ3) is 4.58. The Bertz CT molecular complexity index is 230. The van der Waals surface area contributed by atoms with Gasteiger partial charge in [-0.15, -0.1) is 0 Å². The molecule has 0 saturated heterocycles. The van der Waals surface area contributed by atoms with Crippen molar-refractivity contribution >= 4 is 14.4 Å². The van der Waals surface area contributed by atoms with E-state index in [1.54, 1.807) is 6.92 Å². The standard InChI is InChI=1S/C11H21O4P/c1-5-14-10(12)11(8-16-13,15-6-2)7-9(3)4/h9H,5-8H2,1-4H3/p+1. The first-order valence-corrected chi connectivity index (χ1v) is 6.80. The molecule has 0 aromatic rings. The maximum absolute atomic E-state index is 11.9. The quantitative estimate of drug-likeness (QED) is 0.489. The van der Waals surface area contributed by atoms with E-state index in [-0.39, 0.29) is 12.1 Å². The average Bonchev–Trinajstić information content (AvgIpc) is 2.17. The van der Waals surface area contributed by atoms with E-state index in [2.05, 4.69) is 0 Å². The number of ether oxygens (including phenoxy) is 2. The maximum atomic E-state index is 11.9. The molecule has 2 atom stereocenters. The van der Waals surface area contributed by atoms with Gasteiger partial charge in [0.1, 0.15) is 0 Å². The lowest BCUT2D eigenvalue weighted by Gasteiger charge is -2.28. The van der Waals surface area contributed by atoms with Gasteiger partial charge >= 0.3 is 14.4 Å².